The molecular weight excluding hydrogens is 246 g/mol. The van der Waals surface area contributed by atoms with Crippen molar-refractivity contribution in [1.29, 1.82) is 0 Å². The first kappa shape index (κ1) is 13.9. The van der Waals surface area contributed by atoms with E-state index in [1.54, 1.807) is 0 Å². The first-order valence-corrected chi connectivity index (χ1v) is 7.86. The van der Waals surface area contributed by atoms with Crippen LogP contribution in [0.4, 0.5) is 5.69 Å². The van der Waals surface area contributed by atoms with E-state index in [1.807, 2.05) is 0 Å². The third kappa shape index (κ3) is 2.45. The molecule has 0 radical (unpaired) electrons. The van der Waals surface area contributed by atoms with Crippen molar-refractivity contribution in [3.63, 3.8) is 0 Å². The van der Waals surface area contributed by atoms with E-state index < -0.39 is 0 Å². The number of rotatable bonds is 3. The van der Waals surface area contributed by atoms with Crippen LogP contribution in [0.3, 0.4) is 0 Å². The number of hydrogen-bond donors (Lipinski definition) is 1. The lowest BCUT2D eigenvalue weighted by molar-refractivity contribution is 0.0854. The van der Waals surface area contributed by atoms with E-state index in [-0.39, 0.29) is 0 Å². The van der Waals surface area contributed by atoms with Crippen molar-refractivity contribution in [2.45, 2.75) is 56.8 Å². The Labute approximate surface area is 122 Å². The smallest absolute Gasteiger partial charge is 0.0361 e. The van der Waals surface area contributed by atoms with Crippen LogP contribution in [0.25, 0.3) is 0 Å². The summed E-state index contributed by atoms with van der Waals surface area (Å²) in [5.74, 6) is 0. The fourth-order valence-electron chi connectivity index (χ4n) is 4.11. The van der Waals surface area contributed by atoms with Gasteiger partial charge in [0.2, 0.25) is 0 Å². The predicted molar refractivity (Wildman–Crippen MR) is 85.0 cm³/mol. The Bertz CT molecular complexity index is 440. The summed E-state index contributed by atoms with van der Waals surface area (Å²) in [6, 6.07) is 11.4. The van der Waals surface area contributed by atoms with Crippen LogP contribution in [-0.4, -0.2) is 37.1 Å². The van der Waals surface area contributed by atoms with Gasteiger partial charge in [-0.2, -0.15) is 0 Å². The monoisotopic (exact) mass is 273 g/mol. The zero-order chi connectivity index (χ0) is 14.3. The quantitative estimate of drug-likeness (QED) is 0.919. The van der Waals surface area contributed by atoms with E-state index in [2.05, 4.69) is 55.1 Å². The Morgan fingerprint density at radius 3 is 2.15 bits per heavy atom. The highest BCUT2D eigenvalue weighted by Crippen LogP contribution is 2.41. The van der Waals surface area contributed by atoms with Crippen LogP contribution in [-0.2, 0) is 0 Å². The van der Waals surface area contributed by atoms with E-state index in [4.69, 9.17) is 5.73 Å². The SMILES string of the molecule is CC(c1ccc(N(C)C)cc1)N1C2CCC1CC(N)C2. The van der Waals surface area contributed by atoms with E-state index in [1.165, 1.54) is 36.9 Å². The molecule has 2 aliphatic heterocycles. The number of benzene rings is 1. The second-order valence-electron chi connectivity index (χ2n) is 6.73. The van der Waals surface area contributed by atoms with Crippen molar-refractivity contribution in [1.82, 2.24) is 4.90 Å². The lowest BCUT2D eigenvalue weighted by atomic mass is 9.94. The van der Waals surface area contributed by atoms with Crippen LogP contribution in [0.1, 0.15) is 44.2 Å². The van der Waals surface area contributed by atoms with Crippen LogP contribution in [0, 0.1) is 0 Å². The molecule has 3 unspecified atom stereocenters. The number of fused-ring (bicyclic) bond motifs is 2. The summed E-state index contributed by atoms with van der Waals surface area (Å²) in [6.07, 6.45) is 5.02. The Morgan fingerprint density at radius 1 is 1.10 bits per heavy atom. The van der Waals surface area contributed by atoms with E-state index in [0.29, 0.717) is 24.2 Å². The van der Waals surface area contributed by atoms with Crippen LogP contribution in [0.5, 0.6) is 0 Å². The van der Waals surface area contributed by atoms with Gasteiger partial charge >= 0.3 is 0 Å². The third-order valence-corrected chi connectivity index (χ3v) is 5.17. The molecule has 0 amide bonds. The van der Waals surface area contributed by atoms with Crippen molar-refractivity contribution < 1.29 is 0 Å². The molecule has 2 aliphatic rings. The highest BCUT2D eigenvalue weighted by molar-refractivity contribution is 5.46. The zero-order valence-corrected chi connectivity index (χ0v) is 12.9. The van der Waals surface area contributed by atoms with Gasteiger partial charge in [0.1, 0.15) is 0 Å². The lowest BCUT2D eigenvalue weighted by Gasteiger charge is -2.41. The highest BCUT2D eigenvalue weighted by Gasteiger charge is 2.41. The molecule has 20 heavy (non-hydrogen) atoms. The third-order valence-electron chi connectivity index (χ3n) is 5.17. The Morgan fingerprint density at radius 2 is 1.65 bits per heavy atom. The van der Waals surface area contributed by atoms with Gasteiger partial charge in [0.15, 0.2) is 0 Å². The van der Waals surface area contributed by atoms with Gasteiger partial charge in [-0.15, -0.1) is 0 Å². The van der Waals surface area contributed by atoms with Gasteiger partial charge < -0.3 is 10.6 Å². The van der Waals surface area contributed by atoms with Crippen molar-refractivity contribution >= 4 is 5.69 Å². The van der Waals surface area contributed by atoms with Crippen LogP contribution in [0.15, 0.2) is 24.3 Å². The van der Waals surface area contributed by atoms with Crippen LogP contribution < -0.4 is 10.6 Å². The Hall–Kier alpha value is -1.06. The minimum Gasteiger partial charge on any atom is -0.378 e. The molecule has 2 fully saturated rings. The zero-order valence-electron chi connectivity index (χ0n) is 12.9. The van der Waals surface area contributed by atoms with E-state index >= 15 is 0 Å². The second-order valence-corrected chi connectivity index (χ2v) is 6.73. The summed E-state index contributed by atoms with van der Waals surface area (Å²) in [4.78, 5) is 4.88. The van der Waals surface area contributed by atoms with Gasteiger partial charge in [0.05, 0.1) is 0 Å². The largest absolute Gasteiger partial charge is 0.378 e. The highest BCUT2D eigenvalue weighted by atomic mass is 15.2. The van der Waals surface area contributed by atoms with Gasteiger partial charge in [-0.05, 0) is 50.3 Å². The lowest BCUT2D eigenvalue weighted by Crippen LogP contribution is -2.48. The normalized spacial score (nSPS) is 31.3. The molecule has 2 N–H and O–H groups in total. The van der Waals surface area contributed by atoms with Gasteiger partial charge in [-0.3, -0.25) is 4.90 Å². The average Bonchev–Trinajstić information content (AvgIpc) is 2.70. The molecule has 1 aromatic rings. The van der Waals surface area contributed by atoms with Crippen LogP contribution in [0.2, 0.25) is 0 Å². The molecule has 3 heteroatoms. The fraction of sp³-hybridized carbons (Fsp3) is 0.647. The van der Waals surface area contributed by atoms with Gasteiger partial charge in [-0.1, -0.05) is 12.1 Å². The number of nitrogens with two attached hydrogens (primary N) is 1. The van der Waals surface area contributed by atoms with Gasteiger partial charge in [0, 0.05) is 44.0 Å². The Kier molecular flexibility index (Phi) is 3.74. The summed E-state index contributed by atoms with van der Waals surface area (Å²) in [7, 11) is 4.18. The molecule has 2 saturated heterocycles. The van der Waals surface area contributed by atoms with Crippen molar-refractivity contribution in [3.05, 3.63) is 29.8 Å². The predicted octanol–water partition coefficient (Wildman–Crippen LogP) is 2.77. The first-order chi connectivity index (χ1) is 9.56. The summed E-state index contributed by atoms with van der Waals surface area (Å²) < 4.78 is 0. The molecule has 110 valence electrons. The maximum Gasteiger partial charge on any atom is 0.0361 e. The summed E-state index contributed by atoms with van der Waals surface area (Å²) >= 11 is 0. The van der Waals surface area contributed by atoms with E-state index in [9.17, 15) is 0 Å². The second kappa shape index (κ2) is 5.38. The van der Waals surface area contributed by atoms with Crippen molar-refractivity contribution in [2.24, 2.45) is 5.73 Å². The van der Waals surface area contributed by atoms with Crippen molar-refractivity contribution in [2.75, 3.05) is 19.0 Å². The number of piperidine rings is 1. The van der Waals surface area contributed by atoms with Crippen LogP contribution >= 0.6 is 0 Å². The van der Waals surface area contributed by atoms with Gasteiger partial charge in [0.25, 0.3) is 0 Å². The maximum absolute atomic E-state index is 6.18. The number of hydrogen-bond acceptors (Lipinski definition) is 3. The molecule has 0 aromatic heterocycles. The molecule has 0 saturated carbocycles. The number of nitrogens with zero attached hydrogens (tertiary/aromatic N) is 2. The Balaban J connectivity index is 1.77. The maximum atomic E-state index is 6.18. The topological polar surface area (TPSA) is 32.5 Å². The molecule has 3 rings (SSSR count). The fourth-order valence-corrected chi connectivity index (χ4v) is 4.11. The minimum absolute atomic E-state index is 0.423. The molecular formula is C17H27N3. The molecule has 0 spiro atoms. The summed E-state index contributed by atoms with van der Waals surface area (Å²) in [5, 5.41) is 0. The first-order valence-electron chi connectivity index (χ1n) is 7.86. The van der Waals surface area contributed by atoms with Gasteiger partial charge in [-0.25, -0.2) is 0 Å². The number of anilines is 1. The molecule has 2 bridgehead atoms. The molecule has 3 atom stereocenters. The van der Waals surface area contributed by atoms with E-state index in [0.717, 1.165) is 0 Å². The molecule has 3 nitrogen and oxygen atoms in total. The van der Waals surface area contributed by atoms with Crippen molar-refractivity contribution in [3.8, 4) is 0 Å². The summed E-state index contributed by atoms with van der Waals surface area (Å²) in [5.41, 5.74) is 8.88. The molecule has 0 aliphatic carbocycles. The molecule has 1 aromatic carbocycles. The molecule has 2 heterocycles. The average molecular weight is 273 g/mol. The standard InChI is InChI=1S/C17H27N3/c1-12(13-4-6-15(7-5-13)19(2)3)20-16-8-9-17(20)11-14(18)10-16/h4-7,12,14,16-17H,8-11,18H2,1-3H3. The minimum atomic E-state index is 0.423. The summed E-state index contributed by atoms with van der Waals surface area (Å²) in [6.45, 7) is 2.35.